The predicted octanol–water partition coefficient (Wildman–Crippen LogP) is 4.38. The zero-order valence-corrected chi connectivity index (χ0v) is 17.7. The molecule has 2 heterocycles. The Morgan fingerprint density at radius 3 is 2.50 bits per heavy atom. The molecular weight excluding hydrogens is 376 g/mol. The summed E-state index contributed by atoms with van der Waals surface area (Å²) in [6, 6.07) is 17.2. The maximum absolute atomic E-state index is 13.6. The molecule has 0 aliphatic carbocycles. The monoisotopic (exact) mass is 404 g/mol. The van der Waals surface area contributed by atoms with Crippen molar-refractivity contribution in [3.8, 4) is 0 Å². The van der Waals surface area contributed by atoms with Gasteiger partial charge in [0.2, 0.25) is 0 Å². The van der Waals surface area contributed by atoms with E-state index in [-0.39, 0.29) is 23.8 Å². The van der Waals surface area contributed by atoms with Crippen LogP contribution in [0.5, 0.6) is 0 Å². The third-order valence-corrected chi connectivity index (χ3v) is 5.70. The van der Waals surface area contributed by atoms with Crippen LogP contribution in [0.1, 0.15) is 48.3 Å². The second-order valence-corrected chi connectivity index (χ2v) is 8.10. The fourth-order valence-electron chi connectivity index (χ4n) is 4.54. The average molecular weight is 405 g/mol. The van der Waals surface area contributed by atoms with Crippen LogP contribution >= 0.6 is 0 Å². The van der Waals surface area contributed by atoms with E-state index in [0.29, 0.717) is 18.7 Å². The molecule has 0 spiro atoms. The summed E-state index contributed by atoms with van der Waals surface area (Å²) >= 11 is 0. The lowest BCUT2D eigenvalue weighted by Gasteiger charge is -2.36. The molecule has 156 valence electrons. The predicted molar refractivity (Wildman–Crippen MR) is 115 cm³/mol. The highest BCUT2D eigenvalue weighted by molar-refractivity contribution is 5.96. The van der Waals surface area contributed by atoms with Crippen molar-refractivity contribution in [2.24, 2.45) is 11.8 Å². The van der Waals surface area contributed by atoms with Gasteiger partial charge in [-0.2, -0.15) is 0 Å². The summed E-state index contributed by atoms with van der Waals surface area (Å²) in [7, 11) is 0. The molecule has 30 heavy (non-hydrogen) atoms. The number of fused-ring (bicyclic) bond motifs is 3. The maximum atomic E-state index is 13.6. The van der Waals surface area contributed by atoms with E-state index in [1.54, 1.807) is 5.01 Å². The molecule has 0 unspecified atom stereocenters. The first-order valence-corrected chi connectivity index (χ1v) is 10.6. The number of nitrogens with zero attached hydrogens (tertiary/aromatic N) is 2. The van der Waals surface area contributed by atoms with Gasteiger partial charge in [0.15, 0.2) is 0 Å². The Balaban J connectivity index is 1.87. The summed E-state index contributed by atoms with van der Waals surface area (Å²) in [4.78, 5) is 26.8. The lowest BCUT2D eigenvalue weighted by atomic mass is 9.85. The SMILES string of the molecule is CCOC(=O)[C@@H]1/C(=C\C(C)C)N(C(=O)c2ccccc2)N2CCc3ccccc3[C@@H]12. The van der Waals surface area contributed by atoms with E-state index in [1.807, 2.05) is 55.5 Å². The molecule has 2 atom stereocenters. The molecule has 4 rings (SSSR count). The minimum Gasteiger partial charge on any atom is -0.465 e. The van der Waals surface area contributed by atoms with Crippen molar-refractivity contribution in [2.75, 3.05) is 13.2 Å². The van der Waals surface area contributed by atoms with E-state index in [0.717, 1.165) is 17.7 Å². The van der Waals surface area contributed by atoms with E-state index in [2.05, 4.69) is 31.0 Å². The van der Waals surface area contributed by atoms with Gasteiger partial charge in [-0.25, -0.2) is 10.0 Å². The number of benzene rings is 2. The Kier molecular flexibility index (Phi) is 5.73. The number of carbonyl (C=O) groups is 2. The van der Waals surface area contributed by atoms with Gasteiger partial charge in [0.05, 0.1) is 18.3 Å². The highest BCUT2D eigenvalue weighted by atomic mass is 16.5. The molecule has 0 saturated carbocycles. The van der Waals surface area contributed by atoms with Gasteiger partial charge in [0.1, 0.15) is 5.92 Å². The molecule has 2 aromatic rings. The van der Waals surface area contributed by atoms with Gasteiger partial charge in [-0.05, 0) is 42.5 Å². The molecular formula is C25H28N2O3. The number of rotatable bonds is 4. The standard InChI is InChI=1S/C25H28N2O3/c1-4-30-25(29)22-21(16-17(2)3)27(24(28)19-11-6-5-7-12-19)26-15-14-18-10-8-9-13-20(18)23(22)26/h5-13,16-17,22-23H,4,14-15H2,1-3H3/b21-16+/t22-,23+/m1/s1. The second kappa shape index (κ2) is 8.44. The van der Waals surface area contributed by atoms with Crippen molar-refractivity contribution < 1.29 is 14.3 Å². The van der Waals surface area contributed by atoms with Gasteiger partial charge in [-0.15, -0.1) is 0 Å². The third-order valence-electron chi connectivity index (χ3n) is 5.70. The number of hydrogen-bond acceptors (Lipinski definition) is 4. The molecule has 2 aliphatic rings. The van der Waals surface area contributed by atoms with Gasteiger partial charge >= 0.3 is 5.97 Å². The van der Waals surface area contributed by atoms with Crippen molar-refractivity contribution in [3.05, 3.63) is 83.1 Å². The van der Waals surface area contributed by atoms with Gasteiger partial charge in [0.25, 0.3) is 5.91 Å². The van der Waals surface area contributed by atoms with Crippen molar-refractivity contribution in [1.29, 1.82) is 0 Å². The van der Waals surface area contributed by atoms with Gasteiger partial charge in [-0.1, -0.05) is 62.4 Å². The lowest BCUT2D eigenvalue weighted by molar-refractivity contribution is -0.147. The normalized spacial score (nSPS) is 22.1. The number of allylic oxidation sites excluding steroid dienone is 1. The van der Waals surface area contributed by atoms with Gasteiger partial charge in [-0.3, -0.25) is 9.59 Å². The van der Waals surface area contributed by atoms with Crippen LogP contribution in [-0.4, -0.2) is 35.0 Å². The minimum absolute atomic E-state index is 0.112. The highest BCUT2D eigenvalue weighted by Crippen LogP contribution is 2.48. The summed E-state index contributed by atoms with van der Waals surface area (Å²) in [5, 5.41) is 3.80. The topological polar surface area (TPSA) is 49.9 Å². The molecule has 2 aromatic carbocycles. The molecule has 0 bridgehead atoms. The number of hydrogen-bond donors (Lipinski definition) is 0. The van der Waals surface area contributed by atoms with Crippen LogP contribution in [-0.2, 0) is 16.0 Å². The number of esters is 1. The average Bonchev–Trinajstić information content (AvgIpc) is 3.07. The fourth-order valence-corrected chi connectivity index (χ4v) is 4.54. The van der Waals surface area contributed by atoms with E-state index < -0.39 is 5.92 Å². The second-order valence-electron chi connectivity index (χ2n) is 8.10. The summed E-state index contributed by atoms with van der Waals surface area (Å²) in [6.45, 7) is 6.92. The molecule has 5 heteroatoms. The Hall–Kier alpha value is -2.92. The zero-order valence-electron chi connectivity index (χ0n) is 17.7. The van der Waals surface area contributed by atoms with Crippen LogP contribution in [0.15, 0.2) is 66.4 Å². The molecule has 1 saturated heterocycles. The van der Waals surface area contributed by atoms with E-state index in [9.17, 15) is 9.59 Å². The number of hydrazine groups is 1. The first-order valence-electron chi connectivity index (χ1n) is 10.6. The Labute approximate surface area is 177 Å². The smallest absolute Gasteiger partial charge is 0.317 e. The van der Waals surface area contributed by atoms with Crippen LogP contribution in [0.25, 0.3) is 0 Å². The number of amides is 1. The van der Waals surface area contributed by atoms with E-state index in [4.69, 9.17) is 4.74 Å². The van der Waals surface area contributed by atoms with E-state index in [1.165, 1.54) is 5.56 Å². The molecule has 1 fully saturated rings. The molecule has 1 amide bonds. The van der Waals surface area contributed by atoms with Crippen molar-refractivity contribution in [3.63, 3.8) is 0 Å². The zero-order chi connectivity index (χ0) is 21.3. The summed E-state index contributed by atoms with van der Waals surface area (Å²) in [5.41, 5.74) is 3.65. The van der Waals surface area contributed by atoms with Crippen LogP contribution in [0.2, 0.25) is 0 Å². The van der Waals surface area contributed by atoms with Crippen LogP contribution < -0.4 is 0 Å². The number of ether oxygens (including phenoxy) is 1. The first-order chi connectivity index (χ1) is 14.5. The minimum atomic E-state index is -0.540. The Morgan fingerprint density at radius 1 is 1.10 bits per heavy atom. The quantitative estimate of drug-likeness (QED) is 0.710. The van der Waals surface area contributed by atoms with Gasteiger partial charge < -0.3 is 4.74 Å². The third kappa shape index (κ3) is 3.54. The largest absolute Gasteiger partial charge is 0.465 e. The van der Waals surface area contributed by atoms with E-state index >= 15 is 0 Å². The van der Waals surface area contributed by atoms with Crippen molar-refractivity contribution in [2.45, 2.75) is 33.2 Å². The molecule has 0 aromatic heterocycles. The van der Waals surface area contributed by atoms with Gasteiger partial charge in [0, 0.05) is 12.1 Å². The van der Waals surface area contributed by atoms with Crippen LogP contribution in [0, 0.1) is 11.8 Å². The summed E-state index contributed by atoms with van der Waals surface area (Å²) in [5.74, 6) is -0.751. The molecule has 0 radical (unpaired) electrons. The summed E-state index contributed by atoms with van der Waals surface area (Å²) < 4.78 is 5.49. The fraction of sp³-hybridized carbons (Fsp3) is 0.360. The molecule has 2 aliphatic heterocycles. The molecule has 0 N–H and O–H groups in total. The van der Waals surface area contributed by atoms with Crippen LogP contribution in [0.4, 0.5) is 0 Å². The Bertz CT molecular complexity index is 967. The Morgan fingerprint density at radius 2 is 1.80 bits per heavy atom. The van der Waals surface area contributed by atoms with Crippen molar-refractivity contribution in [1.82, 2.24) is 10.0 Å². The lowest BCUT2D eigenvalue weighted by Crippen LogP contribution is -2.44. The summed E-state index contributed by atoms with van der Waals surface area (Å²) in [6.07, 6.45) is 2.86. The van der Waals surface area contributed by atoms with Crippen molar-refractivity contribution >= 4 is 11.9 Å². The highest BCUT2D eigenvalue weighted by Gasteiger charge is 2.52. The maximum Gasteiger partial charge on any atom is 0.317 e. The molecule has 5 nitrogen and oxygen atoms in total. The first kappa shape index (κ1) is 20.4. The number of carbonyl (C=O) groups excluding carboxylic acids is 2. The van der Waals surface area contributed by atoms with Crippen LogP contribution in [0.3, 0.4) is 0 Å².